The number of hydrogen-bond donors (Lipinski definition) is 1. The van der Waals surface area contributed by atoms with Crippen molar-refractivity contribution in [2.24, 2.45) is 0 Å². The van der Waals surface area contributed by atoms with E-state index < -0.39 is 23.2 Å². The number of halogens is 1. The first-order valence-electron chi connectivity index (χ1n) is 10.6. The number of aromatic amines is 1. The Morgan fingerprint density at radius 3 is 2.21 bits per heavy atom. The number of aromatic nitrogens is 3. The average molecular weight is 455 g/mol. The van der Waals surface area contributed by atoms with E-state index in [-0.39, 0.29) is 16.8 Å². The molecule has 0 spiro atoms. The normalized spacial score (nSPS) is 13.8. The second kappa shape index (κ2) is 8.08. The van der Waals surface area contributed by atoms with E-state index in [2.05, 4.69) is 5.10 Å². The van der Waals surface area contributed by atoms with Gasteiger partial charge in [0, 0.05) is 17.8 Å². The quantitative estimate of drug-likeness (QED) is 0.379. The highest BCUT2D eigenvalue weighted by atomic mass is 19.1. The monoisotopic (exact) mass is 455 g/mol. The van der Waals surface area contributed by atoms with Crippen LogP contribution in [0, 0.1) is 19.7 Å². The maximum Gasteiger partial charge on any atom is 0.331 e. The highest BCUT2D eigenvalue weighted by molar-refractivity contribution is 6.53. The van der Waals surface area contributed by atoms with Gasteiger partial charge in [-0.25, -0.2) is 14.0 Å². The van der Waals surface area contributed by atoms with Gasteiger partial charge in [0.05, 0.1) is 16.9 Å². The molecule has 1 aliphatic rings. The van der Waals surface area contributed by atoms with E-state index >= 15 is 0 Å². The molecule has 4 aromatic rings. The molecule has 2 aromatic heterocycles. The predicted molar refractivity (Wildman–Crippen MR) is 125 cm³/mol. The molecule has 1 aliphatic heterocycles. The molecule has 0 unspecified atom stereocenters. The number of benzene rings is 2. The number of carbonyl (C=O) groups excluding carboxylic acids is 2. The van der Waals surface area contributed by atoms with Crippen LogP contribution in [0.1, 0.15) is 16.8 Å². The van der Waals surface area contributed by atoms with Crippen molar-refractivity contribution in [2.45, 2.75) is 13.8 Å². The summed E-state index contributed by atoms with van der Waals surface area (Å²) in [5, 5.41) is 2.95. The zero-order chi connectivity index (χ0) is 24.0. The van der Waals surface area contributed by atoms with Gasteiger partial charge in [0.15, 0.2) is 12.4 Å². The zero-order valence-electron chi connectivity index (χ0n) is 18.4. The third-order valence-electron chi connectivity index (χ3n) is 5.70. The summed E-state index contributed by atoms with van der Waals surface area (Å²) in [6.45, 7) is 3.53. The Morgan fingerprint density at radius 2 is 1.53 bits per heavy atom. The first-order valence-corrected chi connectivity index (χ1v) is 10.6. The number of aryl methyl sites for hydroxylation is 2. The van der Waals surface area contributed by atoms with Gasteiger partial charge in [0.25, 0.3) is 17.2 Å². The van der Waals surface area contributed by atoms with Crippen molar-refractivity contribution in [1.29, 1.82) is 0 Å². The minimum absolute atomic E-state index is 0.00215. The molecular weight excluding hydrogens is 435 g/mol. The van der Waals surface area contributed by atoms with E-state index in [1.165, 1.54) is 28.9 Å². The Balaban J connectivity index is 1.74. The van der Waals surface area contributed by atoms with E-state index in [9.17, 15) is 18.8 Å². The van der Waals surface area contributed by atoms with Crippen molar-refractivity contribution in [3.8, 4) is 5.69 Å². The van der Waals surface area contributed by atoms with Crippen molar-refractivity contribution in [1.82, 2.24) is 9.78 Å². The largest absolute Gasteiger partial charge is 0.331 e. The third-order valence-corrected chi connectivity index (χ3v) is 5.70. The highest BCUT2D eigenvalue weighted by Gasteiger charge is 2.47. The number of pyridine rings is 1. The molecular formula is C26H20FN4O3+. The van der Waals surface area contributed by atoms with Crippen molar-refractivity contribution >= 4 is 28.8 Å². The maximum absolute atomic E-state index is 13.7. The fourth-order valence-corrected chi connectivity index (χ4v) is 4.15. The molecule has 0 atom stereocenters. The number of nitrogens with one attached hydrogen (secondary N) is 1. The molecule has 0 saturated carbocycles. The molecule has 3 heterocycles. The molecule has 0 fully saturated rings. The SMILES string of the molecule is Cc1cccc(N2C(=O)C(c3c(C)[nH]n(-c4ccc(F)cc4)c3=O)=C([n+]3ccccc3)C2=O)c1. The van der Waals surface area contributed by atoms with E-state index in [0.717, 1.165) is 10.5 Å². The van der Waals surface area contributed by atoms with Crippen molar-refractivity contribution in [3.63, 3.8) is 0 Å². The van der Waals surface area contributed by atoms with Gasteiger partial charge in [-0.05, 0) is 55.8 Å². The Kier molecular flexibility index (Phi) is 5.05. The smallest absolute Gasteiger partial charge is 0.295 e. The van der Waals surface area contributed by atoms with Crippen LogP contribution in [0.2, 0.25) is 0 Å². The first-order chi connectivity index (χ1) is 16.4. The minimum atomic E-state index is -0.590. The van der Waals surface area contributed by atoms with Crippen molar-refractivity contribution in [3.05, 3.63) is 112 Å². The van der Waals surface area contributed by atoms with Crippen LogP contribution in [0.4, 0.5) is 10.1 Å². The number of imide groups is 1. The summed E-state index contributed by atoms with van der Waals surface area (Å²) in [5.41, 5.74) is 1.78. The first kappa shape index (κ1) is 21.3. The van der Waals surface area contributed by atoms with Gasteiger partial charge in [-0.3, -0.25) is 19.5 Å². The van der Waals surface area contributed by atoms with Crippen LogP contribution in [0.15, 0.2) is 83.9 Å². The lowest BCUT2D eigenvalue weighted by Crippen LogP contribution is -2.39. The van der Waals surface area contributed by atoms with Crippen molar-refractivity contribution in [2.75, 3.05) is 4.90 Å². The third kappa shape index (κ3) is 3.36. The van der Waals surface area contributed by atoms with Gasteiger partial charge >= 0.3 is 5.91 Å². The summed E-state index contributed by atoms with van der Waals surface area (Å²) in [6, 6.07) is 17.7. The van der Waals surface area contributed by atoms with Gasteiger partial charge in [-0.15, -0.1) is 0 Å². The lowest BCUT2D eigenvalue weighted by molar-refractivity contribution is -0.576. The van der Waals surface area contributed by atoms with Crippen LogP contribution in [0.3, 0.4) is 0 Å². The predicted octanol–water partition coefficient (Wildman–Crippen LogP) is 3.15. The second-order valence-corrected chi connectivity index (χ2v) is 8.02. The molecule has 168 valence electrons. The lowest BCUT2D eigenvalue weighted by Gasteiger charge is -2.14. The van der Waals surface area contributed by atoms with Crippen LogP contribution < -0.4 is 15.0 Å². The fraction of sp³-hybridized carbons (Fsp3) is 0.0769. The summed E-state index contributed by atoms with van der Waals surface area (Å²) < 4.78 is 16.2. The van der Waals surface area contributed by atoms with Crippen LogP contribution >= 0.6 is 0 Å². The molecule has 2 aromatic carbocycles. The van der Waals surface area contributed by atoms with Crippen LogP contribution in [0.5, 0.6) is 0 Å². The number of anilines is 1. The molecule has 0 saturated heterocycles. The minimum Gasteiger partial charge on any atom is -0.295 e. The highest BCUT2D eigenvalue weighted by Crippen LogP contribution is 2.33. The van der Waals surface area contributed by atoms with Crippen LogP contribution in [0.25, 0.3) is 17.0 Å². The maximum atomic E-state index is 13.7. The summed E-state index contributed by atoms with van der Waals surface area (Å²) in [7, 11) is 0. The average Bonchev–Trinajstić information content (AvgIpc) is 3.25. The number of rotatable bonds is 4. The van der Waals surface area contributed by atoms with E-state index in [4.69, 9.17) is 0 Å². The Labute approximate surface area is 194 Å². The summed E-state index contributed by atoms with van der Waals surface area (Å²) in [4.78, 5) is 41.9. The number of hydrogen-bond acceptors (Lipinski definition) is 3. The summed E-state index contributed by atoms with van der Waals surface area (Å²) in [6.07, 6.45) is 3.31. The van der Waals surface area contributed by atoms with Gasteiger partial charge < -0.3 is 0 Å². The molecule has 34 heavy (non-hydrogen) atoms. The van der Waals surface area contributed by atoms with Crippen LogP contribution in [-0.4, -0.2) is 21.6 Å². The topological polar surface area (TPSA) is 79.1 Å². The lowest BCUT2D eigenvalue weighted by atomic mass is 10.1. The zero-order valence-corrected chi connectivity index (χ0v) is 18.4. The number of H-pyrrole nitrogens is 1. The number of nitrogens with zero attached hydrogens (tertiary/aromatic N) is 3. The molecule has 0 aliphatic carbocycles. The van der Waals surface area contributed by atoms with Crippen LogP contribution in [-0.2, 0) is 9.59 Å². The Morgan fingerprint density at radius 1 is 0.824 bits per heavy atom. The van der Waals surface area contributed by atoms with Gasteiger partial charge in [0.1, 0.15) is 11.4 Å². The number of amides is 2. The Hall–Kier alpha value is -4.59. The summed E-state index contributed by atoms with van der Waals surface area (Å²) in [5.74, 6) is -1.56. The van der Waals surface area contributed by atoms with Gasteiger partial charge in [0.2, 0.25) is 0 Å². The second-order valence-electron chi connectivity index (χ2n) is 8.02. The van der Waals surface area contributed by atoms with E-state index in [0.29, 0.717) is 17.1 Å². The molecule has 8 heteroatoms. The molecule has 0 bridgehead atoms. The van der Waals surface area contributed by atoms with E-state index in [1.807, 2.05) is 13.0 Å². The summed E-state index contributed by atoms with van der Waals surface area (Å²) >= 11 is 0. The van der Waals surface area contributed by atoms with Gasteiger partial charge in [-0.1, -0.05) is 18.2 Å². The molecule has 5 rings (SSSR count). The van der Waals surface area contributed by atoms with Crippen molar-refractivity contribution < 1.29 is 18.5 Å². The molecule has 7 nitrogen and oxygen atoms in total. The molecule has 0 radical (unpaired) electrons. The van der Waals surface area contributed by atoms with E-state index in [1.54, 1.807) is 60.3 Å². The fourth-order valence-electron chi connectivity index (χ4n) is 4.15. The molecule has 1 N–H and O–H groups in total. The molecule has 2 amide bonds. The number of carbonyl (C=O) groups is 2. The van der Waals surface area contributed by atoms with Gasteiger partial charge in [-0.2, -0.15) is 4.57 Å². The Bertz CT molecular complexity index is 1530. The standard InChI is InChI=1S/C26H19FN4O3/c1-16-7-6-8-20(15-16)30-24(32)22(23(26(30)34)29-13-4-3-5-14-29)21-17(2)28-31(25(21)33)19-11-9-18(27)10-12-19/h3-15H,1-2H3/p+1.